The van der Waals surface area contributed by atoms with Crippen LogP contribution in [0.4, 0.5) is 0 Å². The summed E-state index contributed by atoms with van der Waals surface area (Å²) in [7, 11) is 3.75. The maximum absolute atomic E-state index is 3.15. The van der Waals surface area contributed by atoms with Crippen molar-refractivity contribution in [1.29, 1.82) is 0 Å². The molecule has 0 nitrogen and oxygen atoms in total. The normalized spacial score (nSPS) is 12.8. The second-order valence-corrected chi connectivity index (χ2v) is 4.60. The van der Waals surface area contributed by atoms with Gasteiger partial charge in [-0.3, -0.25) is 0 Å². The lowest BCUT2D eigenvalue weighted by Crippen LogP contribution is -0.900. The smallest absolute Gasteiger partial charge is 0.0387 e. The largest absolute Gasteiger partial charge is 0.0966 e. The van der Waals surface area contributed by atoms with Crippen LogP contribution in [0.3, 0.4) is 0 Å². The summed E-state index contributed by atoms with van der Waals surface area (Å²) < 4.78 is 0. The first-order valence-electron chi connectivity index (χ1n) is 1.21. The van der Waals surface area contributed by atoms with Gasteiger partial charge in [-0.25, -0.2) is 0 Å². The van der Waals surface area contributed by atoms with Crippen molar-refractivity contribution in [3.63, 3.8) is 0 Å². The fraction of sp³-hybridized carbons (Fsp3) is 0. The number of hydrogen-bond donors (Lipinski definition) is 0. The second-order valence-electron chi connectivity index (χ2n) is 0.597. The van der Waals surface area contributed by atoms with Crippen molar-refractivity contribution < 1.29 is 0 Å². The molecule has 1 aromatic rings. The Labute approximate surface area is 35.8 Å². The Hall–Kier alpha value is 0.640. The Morgan fingerprint density at radius 2 is 2.80 bits per heavy atom. The van der Waals surface area contributed by atoms with Gasteiger partial charge >= 0.3 is 0 Å². The molecule has 1 rings (SSSR count). The molecule has 0 N–H and O–H groups in total. The maximum Gasteiger partial charge on any atom is 0.0387 e. The van der Waals surface area contributed by atoms with E-state index in [4.69, 9.17) is 0 Å². The first kappa shape index (κ1) is 3.82. The van der Waals surface area contributed by atoms with E-state index in [0.29, 0.717) is 0 Å². The molecule has 0 bridgehead atoms. The molecule has 0 fully saturated rings. The molecule has 0 aliphatic heterocycles. The summed E-state index contributed by atoms with van der Waals surface area (Å²) in [5.41, 5.74) is 5.36. The zero-order chi connectivity index (χ0) is 3.54. The van der Waals surface area contributed by atoms with Gasteiger partial charge in [0.15, 0.2) is 0 Å². The molecule has 0 saturated carbocycles. The Bertz CT molecular complexity index is 61.4. The lowest BCUT2D eigenvalue weighted by molar-refractivity contribution is 2.83. The van der Waals surface area contributed by atoms with Crippen LogP contribution in [0.5, 0.6) is 0 Å². The van der Waals surface area contributed by atoms with Crippen LogP contribution in [0.25, 0.3) is 0 Å². The molecule has 1 atom stereocenters. The molecule has 0 spiro atoms. The molecule has 3 heteroatoms. The molecule has 0 amide bonds. The molecule has 1 unspecified atom stereocenters. The first-order valence-corrected chi connectivity index (χ1v) is 4.98. The molecular weight excluding hydrogens is 117 g/mol. The Morgan fingerprint density at radius 1 is 1.80 bits per heavy atom. The second kappa shape index (κ2) is 1.93. The zero-order valence-corrected chi connectivity index (χ0v) is 5.26. The van der Waals surface area contributed by atoms with Crippen LogP contribution in [0.1, 0.15) is 0 Å². The van der Waals surface area contributed by atoms with Gasteiger partial charge in [-0.2, -0.15) is 0 Å². The van der Waals surface area contributed by atoms with E-state index < -0.39 is 0 Å². The van der Waals surface area contributed by atoms with Gasteiger partial charge < -0.3 is 0 Å². The fourth-order valence-electron chi connectivity index (χ4n) is 0.144. The van der Waals surface area contributed by atoms with Crippen molar-refractivity contribution in [1.82, 2.24) is 0 Å². The summed E-state index contributed by atoms with van der Waals surface area (Å²) in [4.78, 5) is 0. The molecule has 1 heterocycles. The highest BCUT2D eigenvalue weighted by atomic mass is 31.8. The van der Waals surface area contributed by atoms with Crippen LogP contribution in [-0.2, 0) is 0 Å². The third kappa shape index (κ3) is 1.02. The van der Waals surface area contributed by atoms with Crippen LogP contribution in [-0.4, -0.2) is 0 Å². The number of hydrogen-bond acceptors (Lipinski definition) is 0. The monoisotopic (exact) mass is 119 g/mol. The summed E-state index contributed by atoms with van der Waals surface area (Å²) in [6.07, 6.45) is 0. The average molecular weight is 119 g/mol. The number of rotatable bonds is 0. The summed E-state index contributed by atoms with van der Waals surface area (Å²) >= 11 is 0. The highest BCUT2D eigenvalue weighted by Crippen LogP contribution is 2.25. The zero-order valence-electron chi connectivity index (χ0n) is 2.47. The minimum Gasteiger partial charge on any atom is -0.0966 e. The van der Waals surface area contributed by atoms with E-state index in [9.17, 15) is 0 Å². The molecule has 25 valence electrons. The SMILES string of the molecule is [c]1pcp[pH]1. The van der Waals surface area contributed by atoms with E-state index in [1.165, 1.54) is 16.1 Å². The summed E-state index contributed by atoms with van der Waals surface area (Å²) in [5.74, 6) is 0. The van der Waals surface area contributed by atoms with Gasteiger partial charge in [-0.05, 0) is 13.4 Å². The molecule has 0 aliphatic rings. The van der Waals surface area contributed by atoms with Crippen molar-refractivity contribution in [2.24, 2.45) is 0 Å². The third-order valence-electron chi connectivity index (χ3n) is 0.295. The standard InChI is InChI=1S/C2H2P3/c1-3-2-5-4-1/h1,5H. The van der Waals surface area contributed by atoms with Crippen LogP contribution < -0.4 is 0 Å². The predicted octanol–water partition coefficient (Wildman–Crippen LogP) is 2.68. The van der Waals surface area contributed by atoms with Crippen molar-refractivity contribution in [3.8, 4) is 0 Å². The van der Waals surface area contributed by atoms with Crippen LogP contribution in [0.15, 0.2) is 5.53 Å². The fourth-order valence-corrected chi connectivity index (χ4v) is 3.90. The van der Waals surface area contributed by atoms with Gasteiger partial charge in [-0.1, -0.05) is 16.1 Å². The molecule has 1 aromatic heterocycles. The van der Waals surface area contributed by atoms with E-state index in [-0.39, 0.29) is 0 Å². The highest BCUT2D eigenvalue weighted by Gasteiger charge is 1.60. The van der Waals surface area contributed by atoms with Gasteiger partial charge in [-0.15, -0.1) is 0 Å². The van der Waals surface area contributed by atoms with Crippen molar-refractivity contribution in [2.45, 2.75) is 0 Å². The van der Waals surface area contributed by atoms with E-state index in [2.05, 4.69) is 11.1 Å². The maximum atomic E-state index is 3.15. The van der Waals surface area contributed by atoms with Crippen LogP contribution >= 0.6 is 23.9 Å². The van der Waals surface area contributed by atoms with Gasteiger partial charge in [0, 0.05) is 5.53 Å². The molecule has 5 heavy (non-hydrogen) atoms. The van der Waals surface area contributed by atoms with Crippen molar-refractivity contribution >= 4 is 23.9 Å². The molecular formula is C2H2P3. The summed E-state index contributed by atoms with van der Waals surface area (Å²) in [6.45, 7) is 0. The van der Waals surface area contributed by atoms with E-state index in [1.54, 1.807) is 0 Å². The topological polar surface area (TPSA) is 0 Å². The van der Waals surface area contributed by atoms with Crippen LogP contribution in [0, 0.1) is 5.53 Å². The molecule has 0 aromatic carbocycles. The minimum absolute atomic E-state index is 0.963. The van der Waals surface area contributed by atoms with Crippen molar-refractivity contribution in [3.05, 3.63) is 11.1 Å². The van der Waals surface area contributed by atoms with Crippen LogP contribution in [0.2, 0.25) is 0 Å². The van der Waals surface area contributed by atoms with Gasteiger partial charge in [0.05, 0.1) is 0 Å². The lowest BCUT2D eigenvalue weighted by Gasteiger charge is -1.37. The van der Waals surface area contributed by atoms with Gasteiger partial charge in [0.25, 0.3) is 0 Å². The summed E-state index contributed by atoms with van der Waals surface area (Å²) in [5, 5.41) is 0. The minimum atomic E-state index is 0.963. The van der Waals surface area contributed by atoms with Crippen molar-refractivity contribution in [2.75, 3.05) is 0 Å². The Kier molecular flexibility index (Phi) is 1.48. The van der Waals surface area contributed by atoms with E-state index in [0.717, 1.165) is 7.87 Å². The molecule has 0 saturated heterocycles. The Balaban J connectivity index is 3.13. The highest BCUT2D eigenvalue weighted by molar-refractivity contribution is 7.94. The van der Waals surface area contributed by atoms with Gasteiger partial charge in [0.1, 0.15) is 0 Å². The molecule has 1 radical (unpaired) electrons. The predicted molar refractivity (Wildman–Crippen MR) is 29.8 cm³/mol. The van der Waals surface area contributed by atoms with E-state index in [1.807, 2.05) is 0 Å². The third-order valence-corrected chi connectivity index (χ3v) is 4.59. The Morgan fingerprint density at radius 3 is 3.00 bits per heavy atom. The lowest BCUT2D eigenvalue weighted by atomic mass is 11.9. The average Bonchev–Trinajstić information content (AvgIpc) is 1.76. The van der Waals surface area contributed by atoms with E-state index >= 15 is 0 Å². The first-order chi connectivity index (χ1) is 2.50. The molecule has 0 aliphatic carbocycles. The quantitative estimate of drug-likeness (QED) is 0.492. The summed E-state index contributed by atoms with van der Waals surface area (Å²) in [6, 6.07) is 0. The van der Waals surface area contributed by atoms with Gasteiger partial charge in [0.2, 0.25) is 0 Å².